The summed E-state index contributed by atoms with van der Waals surface area (Å²) in [5.74, 6) is 0.197. The Morgan fingerprint density at radius 2 is 1.86 bits per heavy atom. The van der Waals surface area contributed by atoms with Crippen molar-refractivity contribution in [2.75, 3.05) is 39.3 Å². The van der Waals surface area contributed by atoms with Crippen molar-refractivity contribution >= 4 is 5.91 Å². The van der Waals surface area contributed by atoms with E-state index in [1.165, 1.54) is 24.0 Å². The number of fused-ring (bicyclic) bond motifs is 1. The Balaban J connectivity index is 1.59. The Morgan fingerprint density at radius 1 is 1.10 bits per heavy atom. The van der Waals surface area contributed by atoms with Gasteiger partial charge in [-0.1, -0.05) is 6.07 Å². The van der Waals surface area contributed by atoms with Gasteiger partial charge in [0.15, 0.2) is 0 Å². The first-order valence-corrected chi connectivity index (χ1v) is 8.11. The molecule has 0 bridgehead atoms. The largest absolute Gasteiger partial charge is 0.336 e. The van der Waals surface area contributed by atoms with Crippen LogP contribution in [-0.2, 0) is 12.8 Å². The SMILES string of the molecule is NCCCN1CCN(C(=O)c2ccc3c(c2)CCC3)CC1. The van der Waals surface area contributed by atoms with Gasteiger partial charge in [-0.05, 0) is 62.0 Å². The maximum Gasteiger partial charge on any atom is 0.253 e. The number of aryl methyl sites for hydroxylation is 2. The van der Waals surface area contributed by atoms with E-state index in [1.807, 2.05) is 11.0 Å². The second-order valence-electron chi connectivity index (χ2n) is 6.11. The van der Waals surface area contributed by atoms with Crippen molar-refractivity contribution in [1.29, 1.82) is 0 Å². The standard InChI is InChI=1S/C17H25N3O/c18-7-2-8-19-9-11-20(12-10-19)17(21)16-6-5-14-3-1-4-15(14)13-16/h5-6,13H,1-4,7-12,18H2. The lowest BCUT2D eigenvalue weighted by atomic mass is 10.1. The predicted molar refractivity (Wildman–Crippen MR) is 84.5 cm³/mol. The van der Waals surface area contributed by atoms with Gasteiger partial charge in [0.2, 0.25) is 0 Å². The van der Waals surface area contributed by atoms with Crippen LogP contribution in [0.4, 0.5) is 0 Å². The Hall–Kier alpha value is -1.39. The Kier molecular flexibility index (Phi) is 4.56. The summed E-state index contributed by atoms with van der Waals surface area (Å²) in [6.45, 7) is 5.40. The number of benzene rings is 1. The van der Waals surface area contributed by atoms with Crippen molar-refractivity contribution in [3.05, 3.63) is 34.9 Å². The number of nitrogens with zero attached hydrogens (tertiary/aromatic N) is 2. The summed E-state index contributed by atoms with van der Waals surface area (Å²) in [6, 6.07) is 6.27. The summed E-state index contributed by atoms with van der Waals surface area (Å²) in [6.07, 6.45) is 4.57. The van der Waals surface area contributed by atoms with Crippen LogP contribution in [-0.4, -0.2) is 55.0 Å². The highest BCUT2D eigenvalue weighted by Crippen LogP contribution is 2.23. The normalized spacial score (nSPS) is 18.8. The molecule has 2 aliphatic rings. The molecule has 0 atom stereocenters. The van der Waals surface area contributed by atoms with Gasteiger partial charge in [-0.15, -0.1) is 0 Å². The van der Waals surface area contributed by atoms with Crippen LogP contribution in [0.2, 0.25) is 0 Å². The highest BCUT2D eigenvalue weighted by molar-refractivity contribution is 5.94. The van der Waals surface area contributed by atoms with Crippen LogP contribution in [0.5, 0.6) is 0 Å². The molecule has 1 heterocycles. The molecule has 1 aliphatic heterocycles. The van der Waals surface area contributed by atoms with Gasteiger partial charge >= 0.3 is 0 Å². The highest BCUT2D eigenvalue weighted by atomic mass is 16.2. The van der Waals surface area contributed by atoms with Gasteiger partial charge in [0.25, 0.3) is 5.91 Å². The lowest BCUT2D eigenvalue weighted by Crippen LogP contribution is -2.49. The number of amides is 1. The van der Waals surface area contributed by atoms with Gasteiger partial charge in [0.1, 0.15) is 0 Å². The average molecular weight is 287 g/mol. The third-order valence-electron chi connectivity index (χ3n) is 4.68. The second kappa shape index (κ2) is 6.58. The minimum atomic E-state index is 0.197. The Labute approximate surface area is 126 Å². The number of carbonyl (C=O) groups excluding carboxylic acids is 1. The fourth-order valence-corrected chi connectivity index (χ4v) is 3.38. The third-order valence-corrected chi connectivity index (χ3v) is 4.68. The molecule has 0 saturated carbocycles. The van der Waals surface area contributed by atoms with E-state index < -0.39 is 0 Å². The molecule has 114 valence electrons. The van der Waals surface area contributed by atoms with Gasteiger partial charge in [-0.2, -0.15) is 0 Å². The molecule has 0 aromatic heterocycles. The van der Waals surface area contributed by atoms with Crippen LogP contribution in [0.25, 0.3) is 0 Å². The van der Waals surface area contributed by atoms with Crippen LogP contribution in [0.3, 0.4) is 0 Å². The van der Waals surface area contributed by atoms with Crippen molar-refractivity contribution in [3.8, 4) is 0 Å². The molecule has 21 heavy (non-hydrogen) atoms. The lowest BCUT2D eigenvalue weighted by molar-refractivity contribution is 0.0636. The smallest absolute Gasteiger partial charge is 0.253 e. The van der Waals surface area contributed by atoms with Crippen molar-refractivity contribution in [2.24, 2.45) is 5.73 Å². The fraction of sp³-hybridized carbons (Fsp3) is 0.588. The maximum atomic E-state index is 12.6. The van der Waals surface area contributed by atoms with Gasteiger partial charge in [0.05, 0.1) is 0 Å². The van der Waals surface area contributed by atoms with E-state index in [4.69, 9.17) is 5.73 Å². The molecule has 3 rings (SSSR count). The van der Waals surface area contributed by atoms with Crippen LogP contribution in [0.1, 0.15) is 34.3 Å². The molecular weight excluding hydrogens is 262 g/mol. The molecular formula is C17H25N3O. The van der Waals surface area contributed by atoms with E-state index in [-0.39, 0.29) is 5.91 Å². The lowest BCUT2D eigenvalue weighted by Gasteiger charge is -2.34. The van der Waals surface area contributed by atoms with E-state index in [1.54, 1.807) is 0 Å². The summed E-state index contributed by atoms with van der Waals surface area (Å²) in [4.78, 5) is 17.0. The van der Waals surface area contributed by atoms with E-state index in [0.717, 1.165) is 57.7 Å². The first-order valence-electron chi connectivity index (χ1n) is 8.11. The van der Waals surface area contributed by atoms with Crippen LogP contribution in [0, 0.1) is 0 Å². The van der Waals surface area contributed by atoms with Gasteiger partial charge in [-0.25, -0.2) is 0 Å². The zero-order valence-electron chi connectivity index (χ0n) is 12.7. The quantitative estimate of drug-likeness (QED) is 0.907. The highest BCUT2D eigenvalue weighted by Gasteiger charge is 2.22. The molecule has 1 amide bonds. The Bertz CT molecular complexity index is 507. The molecule has 4 nitrogen and oxygen atoms in total. The van der Waals surface area contributed by atoms with E-state index in [2.05, 4.69) is 17.0 Å². The first-order chi connectivity index (χ1) is 10.3. The average Bonchev–Trinajstić information content (AvgIpc) is 3.00. The number of piperazine rings is 1. The maximum absolute atomic E-state index is 12.6. The molecule has 1 aromatic carbocycles. The zero-order valence-corrected chi connectivity index (χ0v) is 12.7. The topological polar surface area (TPSA) is 49.6 Å². The van der Waals surface area contributed by atoms with Gasteiger partial charge < -0.3 is 10.6 Å². The second-order valence-corrected chi connectivity index (χ2v) is 6.11. The molecule has 2 N–H and O–H groups in total. The number of rotatable bonds is 4. The minimum absolute atomic E-state index is 0.197. The number of hydrogen-bond donors (Lipinski definition) is 1. The third kappa shape index (κ3) is 3.27. The van der Waals surface area contributed by atoms with Gasteiger partial charge in [-0.3, -0.25) is 9.69 Å². The molecule has 0 spiro atoms. The van der Waals surface area contributed by atoms with Crippen molar-refractivity contribution in [1.82, 2.24) is 9.80 Å². The molecule has 0 unspecified atom stereocenters. The summed E-state index contributed by atoms with van der Waals surface area (Å²) < 4.78 is 0. The molecule has 1 aliphatic carbocycles. The van der Waals surface area contributed by atoms with Gasteiger partial charge in [0, 0.05) is 31.7 Å². The number of nitrogens with two attached hydrogens (primary N) is 1. The predicted octanol–water partition coefficient (Wildman–Crippen LogP) is 1.28. The monoisotopic (exact) mass is 287 g/mol. The van der Waals surface area contributed by atoms with Crippen LogP contribution < -0.4 is 5.73 Å². The van der Waals surface area contributed by atoms with E-state index in [9.17, 15) is 4.79 Å². The molecule has 4 heteroatoms. The molecule has 1 fully saturated rings. The number of carbonyl (C=O) groups is 1. The molecule has 1 aromatic rings. The minimum Gasteiger partial charge on any atom is -0.336 e. The zero-order chi connectivity index (χ0) is 14.7. The van der Waals surface area contributed by atoms with Crippen molar-refractivity contribution in [2.45, 2.75) is 25.7 Å². The fourth-order valence-electron chi connectivity index (χ4n) is 3.38. The van der Waals surface area contributed by atoms with Crippen LogP contribution in [0.15, 0.2) is 18.2 Å². The molecule has 1 saturated heterocycles. The van der Waals surface area contributed by atoms with E-state index >= 15 is 0 Å². The van der Waals surface area contributed by atoms with Crippen LogP contribution >= 0.6 is 0 Å². The van der Waals surface area contributed by atoms with Crippen molar-refractivity contribution in [3.63, 3.8) is 0 Å². The van der Waals surface area contributed by atoms with E-state index in [0.29, 0.717) is 0 Å². The van der Waals surface area contributed by atoms with Crippen molar-refractivity contribution < 1.29 is 4.79 Å². The number of hydrogen-bond acceptors (Lipinski definition) is 3. The Morgan fingerprint density at radius 3 is 2.62 bits per heavy atom. The summed E-state index contributed by atoms with van der Waals surface area (Å²) in [5.41, 5.74) is 9.22. The summed E-state index contributed by atoms with van der Waals surface area (Å²) in [5, 5.41) is 0. The first kappa shape index (κ1) is 14.5. The summed E-state index contributed by atoms with van der Waals surface area (Å²) in [7, 11) is 0. The molecule has 0 radical (unpaired) electrons. The summed E-state index contributed by atoms with van der Waals surface area (Å²) >= 11 is 0.